The molecule has 0 aliphatic rings. The van der Waals surface area contributed by atoms with E-state index in [4.69, 9.17) is 11.6 Å². The fraction of sp³-hybridized carbons (Fsp3) is 0.105. The third-order valence-electron chi connectivity index (χ3n) is 3.45. The van der Waals surface area contributed by atoms with Crippen molar-refractivity contribution in [3.8, 4) is 11.3 Å². The Hall–Kier alpha value is -2.37. The van der Waals surface area contributed by atoms with Crippen LogP contribution in [0.2, 0.25) is 5.02 Å². The van der Waals surface area contributed by atoms with Crippen molar-refractivity contribution in [1.29, 1.82) is 0 Å². The molecular weight excluding hydrogens is 354 g/mol. The highest BCUT2D eigenvalue weighted by molar-refractivity contribution is 7.99. The zero-order chi connectivity index (χ0) is 17.6. The van der Waals surface area contributed by atoms with Gasteiger partial charge in [-0.05, 0) is 54.3 Å². The van der Waals surface area contributed by atoms with Gasteiger partial charge in [-0.15, -0.1) is 22.0 Å². The molecule has 0 atom stereocenters. The van der Waals surface area contributed by atoms with Crippen LogP contribution in [0.4, 0.5) is 5.69 Å². The van der Waals surface area contributed by atoms with Gasteiger partial charge in [0.25, 0.3) is 5.91 Å². The summed E-state index contributed by atoms with van der Waals surface area (Å²) in [5.41, 5.74) is 2.92. The van der Waals surface area contributed by atoms with Crippen molar-refractivity contribution in [3.05, 3.63) is 71.2 Å². The lowest BCUT2D eigenvalue weighted by Gasteiger charge is -2.08. The van der Waals surface area contributed by atoms with Gasteiger partial charge in [0.15, 0.2) is 0 Å². The van der Waals surface area contributed by atoms with Crippen LogP contribution in [0.3, 0.4) is 0 Å². The summed E-state index contributed by atoms with van der Waals surface area (Å²) in [4.78, 5) is 12.3. The maximum atomic E-state index is 12.3. The molecule has 6 heteroatoms. The summed E-state index contributed by atoms with van der Waals surface area (Å²) >= 11 is 7.50. The second-order valence-electron chi connectivity index (χ2n) is 5.23. The summed E-state index contributed by atoms with van der Waals surface area (Å²) in [7, 11) is 0. The number of anilines is 1. The predicted octanol–water partition coefficient (Wildman–Crippen LogP) is 5.16. The fourth-order valence-corrected chi connectivity index (χ4v) is 2.94. The Bertz CT molecular complexity index is 867. The summed E-state index contributed by atoms with van der Waals surface area (Å²) in [6, 6.07) is 18.2. The maximum absolute atomic E-state index is 12.3. The molecule has 0 bridgehead atoms. The highest BCUT2D eigenvalue weighted by Gasteiger charge is 2.08. The number of thioether (sulfide) groups is 1. The highest BCUT2D eigenvalue weighted by atomic mass is 35.5. The minimum Gasteiger partial charge on any atom is -0.322 e. The predicted molar refractivity (Wildman–Crippen MR) is 103 cm³/mol. The number of rotatable bonds is 5. The van der Waals surface area contributed by atoms with Gasteiger partial charge in [0.2, 0.25) is 0 Å². The molecule has 1 aromatic heterocycles. The molecule has 0 unspecified atom stereocenters. The number of halogens is 1. The van der Waals surface area contributed by atoms with Crippen molar-refractivity contribution in [3.63, 3.8) is 0 Å². The Morgan fingerprint density at radius 3 is 2.56 bits per heavy atom. The average Bonchev–Trinajstić information content (AvgIpc) is 2.63. The first-order valence-electron chi connectivity index (χ1n) is 7.79. The molecule has 25 heavy (non-hydrogen) atoms. The second-order valence-corrected chi connectivity index (χ2v) is 6.95. The van der Waals surface area contributed by atoms with Crippen molar-refractivity contribution in [2.24, 2.45) is 0 Å². The molecule has 4 nitrogen and oxygen atoms in total. The molecule has 0 radical (unpaired) electrons. The van der Waals surface area contributed by atoms with Gasteiger partial charge in [-0.3, -0.25) is 4.79 Å². The Morgan fingerprint density at radius 1 is 1.08 bits per heavy atom. The van der Waals surface area contributed by atoms with E-state index in [9.17, 15) is 4.79 Å². The van der Waals surface area contributed by atoms with E-state index in [1.165, 1.54) is 0 Å². The quantitative estimate of drug-likeness (QED) is 0.631. The molecule has 0 fully saturated rings. The number of aromatic nitrogens is 2. The van der Waals surface area contributed by atoms with Gasteiger partial charge >= 0.3 is 0 Å². The van der Waals surface area contributed by atoms with E-state index in [0.29, 0.717) is 16.3 Å². The van der Waals surface area contributed by atoms with Gasteiger partial charge < -0.3 is 5.32 Å². The number of amides is 1. The van der Waals surface area contributed by atoms with Gasteiger partial charge in [-0.2, -0.15) is 0 Å². The van der Waals surface area contributed by atoms with E-state index in [1.807, 2.05) is 36.4 Å². The number of nitrogens with one attached hydrogen (secondary N) is 1. The fourth-order valence-electron chi connectivity index (χ4n) is 2.26. The summed E-state index contributed by atoms with van der Waals surface area (Å²) < 4.78 is 0. The lowest BCUT2D eigenvalue weighted by atomic mass is 10.1. The topological polar surface area (TPSA) is 54.9 Å². The smallest absolute Gasteiger partial charge is 0.255 e. The van der Waals surface area contributed by atoms with Gasteiger partial charge in [-0.25, -0.2) is 0 Å². The van der Waals surface area contributed by atoms with Crippen molar-refractivity contribution in [2.45, 2.75) is 11.9 Å². The molecule has 3 rings (SSSR count). The van der Waals surface area contributed by atoms with Crippen LogP contribution in [0.5, 0.6) is 0 Å². The lowest BCUT2D eigenvalue weighted by molar-refractivity contribution is 0.102. The zero-order valence-electron chi connectivity index (χ0n) is 13.6. The molecular formula is C19H16ClN3OS. The van der Waals surface area contributed by atoms with Gasteiger partial charge in [0.05, 0.1) is 5.69 Å². The third-order valence-corrected chi connectivity index (χ3v) is 4.51. The number of carbonyl (C=O) groups excluding carboxylic acids is 1. The maximum Gasteiger partial charge on any atom is 0.255 e. The first-order valence-corrected chi connectivity index (χ1v) is 9.16. The molecule has 0 saturated heterocycles. The summed E-state index contributed by atoms with van der Waals surface area (Å²) in [5.74, 6) is 0.773. The highest BCUT2D eigenvalue weighted by Crippen LogP contribution is 2.23. The van der Waals surface area contributed by atoms with Crippen molar-refractivity contribution < 1.29 is 4.79 Å². The summed E-state index contributed by atoms with van der Waals surface area (Å²) in [6.45, 7) is 2.08. The third kappa shape index (κ3) is 4.59. The Balaban J connectivity index is 1.77. The SMILES string of the molecule is CCSc1ccc(-c2cccc(NC(=O)c3ccc(Cl)cc3)c2)nn1. The van der Waals surface area contributed by atoms with Crippen molar-refractivity contribution in [1.82, 2.24) is 10.2 Å². The largest absolute Gasteiger partial charge is 0.322 e. The van der Waals surface area contributed by atoms with E-state index >= 15 is 0 Å². The van der Waals surface area contributed by atoms with Gasteiger partial charge in [0, 0.05) is 21.8 Å². The summed E-state index contributed by atoms with van der Waals surface area (Å²) in [6.07, 6.45) is 0. The van der Waals surface area contributed by atoms with E-state index in [-0.39, 0.29) is 5.91 Å². The van der Waals surface area contributed by atoms with Crippen molar-refractivity contribution in [2.75, 3.05) is 11.1 Å². The molecule has 2 aromatic carbocycles. The number of carbonyl (C=O) groups is 1. The van der Waals surface area contributed by atoms with Crippen LogP contribution in [0.15, 0.2) is 65.7 Å². The Morgan fingerprint density at radius 2 is 1.88 bits per heavy atom. The minimum absolute atomic E-state index is 0.186. The normalized spacial score (nSPS) is 10.5. The van der Waals surface area contributed by atoms with E-state index in [1.54, 1.807) is 36.0 Å². The monoisotopic (exact) mass is 369 g/mol. The molecule has 0 spiro atoms. The van der Waals surface area contributed by atoms with Crippen LogP contribution in [-0.4, -0.2) is 21.9 Å². The number of nitrogens with zero attached hydrogens (tertiary/aromatic N) is 2. The van der Waals surface area contributed by atoms with Crippen LogP contribution < -0.4 is 5.32 Å². The Kier molecular flexibility index (Phi) is 5.68. The standard InChI is InChI=1S/C19H16ClN3OS/c1-2-25-18-11-10-17(22-23-18)14-4-3-5-16(12-14)21-19(24)13-6-8-15(20)9-7-13/h3-12H,2H2,1H3,(H,21,24). The number of hydrogen-bond acceptors (Lipinski definition) is 4. The molecule has 126 valence electrons. The number of benzene rings is 2. The first-order chi connectivity index (χ1) is 12.2. The molecule has 3 aromatic rings. The lowest BCUT2D eigenvalue weighted by Crippen LogP contribution is -2.11. The molecule has 0 aliphatic carbocycles. The molecule has 1 N–H and O–H groups in total. The Labute approximate surface area is 155 Å². The van der Waals surface area contributed by atoms with Gasteiger partial charge in [0.1, 0.15) is 5.03 Å². The van der Waals surface area contributed by atoms with E-state index in [0.717, 1.165) is 22.0 Å². The van der Waals surface area contributed by atoms with Crippen molar-refractivity contribution >= 4 is 35.0 Å². The molecule has 0 aliphatic heterocycles. The zero-order valence-corrected chi connectivity index (χ0v) is 15.1. The minimum atomic E-state index is -0.186. The van der Waals surface area contributed by atoms with Crippen LogP contribution in [0.25, 0.3) is 11.3 Å². The average molecular weight is 370 g/mol. The van der Waals surface area contributed by atoms with Crippen LogP contribution in [0.1, 0.15) is 17.3 Å². The molecule has 1 heterocycles. The molecule has 1 amide bonds. The van der Waals surface area contributed by atoms with Crippen LogP contribution in [-0.2, 0) is 0 Å². The van der Waals surface area contributed by atoms with Crippen LogP contribution in [0, 0.1) is 0 Å². The summed E-state index contributed by atoms with van der Waals surface area (Å²) in [5, 5.41) is 12.8. The first kappa shape index (κ1) is 17.5. The number of hydrogen-bond donors (Lipinski definition) is 1. The van der Waals surface area contributed by atoms with E-state index in [2.05, 4.69) is 22.4 Å². The van der Waals surface area contributed by atoms with Gasteiger partial charge in [-0.1, -0.05) is 30.7 Å². The second kappa shape index (κ2) is 8.14. The van der Waals surface area contributed by atoms with E-state index < -0.39 is 0 Å². The molecule has 0 saturated carbocycles. The van der Waals surface area contributed by atoms with Crippen LogP contribution >= 0.6 is 23.4 Å².